The first kappa shape index (κ1) is 26.2. The highest BCUT2D eigenvalue weighted by Gasteiger charge is 2.21. The molecule has 0 rings (SSSR count). The van der Waals surface area contributed by atoms with Crippen LogP contribution in [0.5, 0.6) is 0 Å². The van der Waals surface area contributed by atoms with Crippen molar-refractivity contribution in [3.05, 3.63) is 0 Å². The maximum atomic E-state index is 5.82. The average Bonchev–Trinajstić information content (AvgIpc) is 2.63. The van der Waals surface area contributed by atoms with Gasteiger partial charge in [0.1, 0.15) is 0 Å². The largest absolute Gasteiger partial charge is 0.397 e. The highest BCUT2D eigenvalue weighted by Crippen LogP contribution is 2.20. The second-order valence-corrected chi connectivity index (χ2v) is 12.0. The van der Waals surface area contributed by atoms with Crippen LogP contribution in [0, 0.1) is 0 Å². The lowest BCUT2D eigenvalue weighted by molar-refractivity contribution is 0.203. The zero-order valence-corrected chi connectivity index (χ0v) is 20.5. The lowest BCUT2D eigenvalue weighted by Crippen LogP contribution is -2.30. The Morgan fingerprint density at radius 1 is 0.615 bits per heavy atom. The molecule has 5 nitrogen and oxygen atoms in total. The van der Waals surface area contributed by atoms with E-state index in [9.17, 15) is 0 Å². The van der Waals surface area contributed by atoms with Gasteiger partial charge in [-0.05, 0) is 71.1 Å². The minimum atomic E-state index is -1.49. The zero-order chi connectivity index (χ0) is 19.6. The van der Waals surface area contributed by atoms with Gasteiger partial charge < -0.3 is 23.0 Å². The predicted molar refractivity (Wildman–Crippen MR) is 116 cm³/mol. The predicted octanol–water partition coefficient (Wildman–Crippen LogP) is 3.89. The molecule has 0 amide bonds. The van der Waals surface area contributed by atoms with Crippen LogP contribution in [0.25, 0.3) is 0 Å². The van der Waals surface area contributed by atoms with Crippen molar-refractivity contribution in [2.45, 2.75) is 84.7 Å². The SMILES string of the molecule is CCO[SiH](OCC)C(C)CCCCCNCCC(C)[SiH](OCC)OCC. The molecule has 0 radical (unpaired) electrons. The minimum Gasteiger partial charge on any atom is -0.397 e. The fourth-order valence-corrected chi connectivity index (χ4v) is 6.80. The molecule has 0 fully saturated rings. The number of unbranched alkanes of at least 4 members (excludes halogenated alkanes) is 2. The van der Waals surface area contributed by atoms with Gasteiger partial charge in [0.15, 0.2) is 0 Å². The van der Waals surface area contributed by atoms with Crippen molar-refractivity contribution in [1.82, 2.24) is 5.32 Å². The van der Waals surface area contributed by atoms with E-state index >= 15 is 0 Å². The molecule has 26 heavy (non-hydrogen) atoms. The van der Waals surface area contributed by atoms with E-state index in [-0.39, 0.29) is 0 Å². The summed E-state index contributed by atoms with van der Waals surface area (Å²) >= 11 is 0. The van der Waals surface area contributed by atoms with Crippen LogP contribution in [0.1, 0.15) is 73.6 Å². The molecule has 2 unspecified atom stereocenters. The van der Waals surface area contributed by atoms with Crippen molar-refractivity contribution in [3.8, 4) is 0 Å². The Morgan fingerprint density at radius 2 is 1.08 bits per heavy atom. The maximum Gasteiger partial charge on any atom is 0.324 e. The van der Waals surface area contributed by atoms with Crippen LogP contribution in [0.3, 0.4) is 0 Å². The highest BCUT2D eigenvalue weighted by atomic mass is 28.3. The molecule has 0 bridgehead atoms. The molecule has 0 heterocycles. The first-order chi connectivity index (χ1) is 12.6. The molecule has 0 saturated carbocycles. The summed E-state index contributed by atoms with van der Waals surface area (Å²) in [5.41, 5.74) is 1.16. The van der Waals surface area contributed by atoms with E-state index < -0.39 is 18.6 Å². The Hall–Kier alpha value is 0.234. The third-order valence-electron chi connectivity index (χ3n) is 4.54. The van der Waals surface area contributed by atoms with Gasteiger partial charge in [0.2, 0.25) is 0 Å². The van der Waals surface area contributed by atoms with Crippen LogP contribution in [0.4, 0.5) is 0 Å². The topological polar surface area (TPSA) is 49.0 Å². The number of hydrogen-bond donors (Lipinski definition) is 1. The second kappa shape index (κ2) is 18.6. The van der Waals surface area contributed by atoms with Crippen molar-refractivity contribution >= 4 is 18.6 Å². The van der Waals surface area contributed by atoms with Crippen LogP contribution >= 0.6 is 0 Å². The molecule has 158 valence electrons. The first-order valence-corrected chi connectivity index (χ1v) is 14.0. The summed E-state index contributed by atoms with van der Waals surface area (Å²) in [6.07, 6.45) is 6.16. The zero-order valence-electron chi connectivity index (χ0n) is 18.2. The number of hydrogen-bond acceptors (Lipinski definition) is 5. The molecular formula is C19H45NO4Si2. The van der Waals surface area contributed by atoms with Crippen molar-refractivity contribution in [2.24, 2.45) is 0 Å². The van der Waals surface area contributed by atoms with Gasteiger partial charge in [-0.2, -0.15) is 0 Å². The summed E-state index contributed by atoms with van der Waals surface area (Å²) in [7, 11) is -2.96. The van der Waals surface area contributed by atoms with Gasteiger partial charge in [-0.1, -0.05) is 26.7 Å². The van der Waals surface area contributed by atoms with E-state index in [4.69, 9.17) is 17.7 Å². The fraction of sp³-hybridized carbons (Fsp3) is 1.00. The molecule has 0 spiro atoms. The molecule has 2 atom stereocenters. The monoisotopic (exact) mass is 407 g/mol. The molecule has 0 aromatic carbocycles. The van der Waals surface area contributed by atoms with Crippen molar-refractivity contribution in [1.29, 1.82) is 0 Å². The van der Waals surface area contributed by atoms with Crippen molar-refractivity contribution in [2.75, 3.05) is 39.5 Å². The minimum absolute atomic E-state index is 0.558. The van der Waals surface area contributed by atoms with Gasteiger partial charge in [-0.15, -0.1) is 0 Å². The van der Waals surface area contributed by atoms with Crippen LogP contribution in [0.15, 0.2) is 0 Å². The van der Waals surface area contributed by atoms with Gasteiger partial charge >= 0.3 is 18.6 Å². The van der Waals surface area contributed by atoms with Gasteiger partial charge in [-0.25, -0.2) is 0 Å². The van der Waals surface area contributed by atoms with Crippen LogP contribution in [-0.4, -0.2) is 58.1 Å². The molecule has 0 aromatic heterocycles. The van der Waals surface area contributed by atoms with E-state index in [1.165, 1.54) is 25.7 Å². The summed E-state index contributed by atoms with van der Waals surface area (Å²) < 4.78 is 23.2. The molecule has 0 aliphatic carbocycles. The Labute approximate surface area is 166 Å². The van der Waals surface area contributed by atoms with E-state index in [1.54, 1.807) is 0 Å². The molecule has 0 saturated heterocycles. The summed E-state index contributed by atoms with van der Waals surface area (Å²) in [5.74, 6) is 0. The summed E-state index contributed by atoms with van der Waals surface area (Å²) in [6, 6.07) is 0. The van der Waals surface area contributed by atoms with Gasteiger partial charge in [0.25, 0.3) is 0 Å². The Balaban J connectivity index is 3.68. The standard InChI is InChI=1S/C19H45NO4Si2/c1-7-21-25(22-8-2)18(5)14-12-11-13-16-20-17-15-19(6)26(23-9-3)24-10-4/h18-20,25-26H,7-17H2,1-6H3. The normalized spacial score (nSPS) is 14.3. The lowest BCUT2D eigenvalue weighted by Gasteiger charge is -2.21. The maximum absolute atomic E-state index is 5.82. The molecule has 0 aliphatic heterocycles. The van der Waals surface area contributed by atoms with Crippen LogP contribution < -0.4 is 5.32 Å². The molecule has 1 N–H and O–H groups in total. The molecular weight excluding hydrogens is 362 g/mol. The quantitative estimate of drug-likeness (QED) is 0.260. The average molecular weight is 408 g/mol. The highest BCUT2D eigenvalue weighted by molar-refractivity contribution is 6.46. The van der Waals surface area contributed by atoms with Gasteiger partial charge in [0.05, 0.1) is 0 Å². The third kappa shape index (κ3) is 13.4. The second-order valence-electron chi connectivity index (χ2n) is 6.90. The smallest absolute Gasteiger partial charge is 0.324 e. The van der Waals surface area contributed by atoms with E-state index in [0.29, 0.717) is 11.1 Å². The molecule has 0 aromatic rings. The lowest BCUT2D eigenvalue weighted by atomic mass is 10.1. The Morgan fingerprint density at radius 3 is 1.54 bits per heavy atom. The van der Waals surface area contributed by atoms with Crippen LogP contribution in [-0.2, 0) is 17.7 Å². The van der Waals surface area contributed by atoms with Gasteiger partial charge in [-0.3, -0.25) is 0 Å². The fourth-order valence-electron chi connectivity index (χ4n) is 3.03. The molecule has 0 aliphatic rings. The summed E-state index contributed by atoms with van der Waals surface area (Å²) in [4.78, 5) is 0. The van der Waals surface area contributed by atoms with E-state index in [2.05, 4.69) is 46.9 Å². The van der Waals surface area contributed by atoms with Gasteiger partial charge in [0, 0.05) is 26.4 Å². The summed E-state index contributed by atoms with van der Waals surface area (Å²) in [6.45, 7) is 18.0. The van der Waals surface area contributed by atoms with Crippen LogP contribution in [0.2, 0.25) is 11.1 Å². The Kier molecular flexibility index (Phi) is 18.8. The Bertz CT molecular complexity index is 261. The molecule has 7 heteroatoms. The first-order valence-electron chi connectivity index (χ1n) is 10.8. The van der Waals surface area contributed by atoms with E-state index in [0.717, 1.165) is 45.9 Å². The third-order valence-corrected chi connectivity index (χ3v) is 9.72. The number of nitrogens with one attached hydrogen (secondary N) is 1. The summed E-state index contributed by atoms with van der Waals surface area (Å²) in [5, 5.41) is 3.58. The van der Waals surface area contributed by atoms with Crippen molar-refractivity contribution in [3.63, 3.8) is 0 Å². The number of rotatable bonds is 19. The van der Waals surface area contributed by atoms with E-state index in [1.807, 2.05) is 0 Å². The van der Waals surface area contributed by atoms with Crippen molar-refractivity contribution < 1.29 is 17.7 Å².